The van der Waals surface area contributed by atoms with Gasteiger partial charge in [0.15, 0.2) is 0 Å². The van der Waals surface area contributed by atoms with E-state index in [0.29, 0.717) is 5.82 Å². The summed E-state index contributed by atoms with van der Waals surface area (Å²) in [6.07, 6.45) is 3.21. The minimum absolute atomic E-state index is 0.139. The van der Waals surface area contributed by atoms with Gasteiger partial charge < -0.3 is 10.3 Å². The molecular weight excluding hydrogens is 275 g/mol. The molecule has 19 heavy (non-hydrogen) atoms. The zero-order valence-electron chi connectivity index (χ0n) is 9.85. The van der Waals surface area contributed by atoms with Gasteiger partial charge in [0.25, 0.3) is 5.69 Å². The number of imidazole rings is 1. The van der Waals surface area contributed by atoms with Gasteiger partial charge in [0.05, 0.1) is 22.1 Å². The zero-order chi connectivity index (χ0) is 14.0. The summed E-state index contributed by atoms with van der Waals surface area (Å²) in [6.45, 7) is 1.76. The molecule has 8 heteroatoms. The summed E-state index contributed by atoms with van der Waals surface area (Å²) in [5.74, 6) is -0.223. The maximum absolute atomic E-state index is 13.2. The fraction of sp³-hybridized carbons (Fsp3) is 0.182. The number of aromatic nitrogens is 2. The van der Waals surface area contributed by atoms with Crippen LogP contribution in [-0.2, 0) is 0 Å². The van der Waals surface area contributed by atoms with Gasteiger partial charge >= 0.3 is 0 Å². The first-order chi connectivity index (χ1) is 8.99. The van der Waals surface area contributed by atoms with Crippen LogP contribution in [-0.4, -0.2) is 14.9 Å². The number of nitrogens with one attached hydrogen (secondary N) is 2. The molecule has 0 fully saturated rings. The van der Waals surface area contributed by atoms with Crippen molar-refractivity contribution in [2.75, 3.05) is 5.32 Å². The molecule has 0 saturated heterocycles. The normalized spacial score (nSPS) is 12.2. The van der Waals surface area contributed by atoms with Gasteiger partial charge in [-0.2, -0.15) is 0 Å². The van der Waals surface area contributed by atoms with Crippen molar-refractivity contribution in [1.82, 2.24) is 9.97 Å². The number of anilines is 1. The van der Waals surface area contributed by atoms with Crippen LogP contribution in [0, 0.1) is 15.9 Å². The Balaban J connectivity index is 2.33. The highest BCUT2D eigenvalue weighted by Crippen LogP contribution is 2.32. The molecule has 1 unspecified atom stereocenters. The van der Waals surface area contributed by atoms with E-state index in [-0.39, 0.29) is 22.4 Å². The second-order valence-corrected chi connectivity index (χ2v) is 4.29. The maximum Gasteiger partial charge on any atom is 0.295 e. The largest absolute Gasteiger partial charge is 0.370 e. The number of hydrogen-bond donors (Lipinski definition) is 2. The lowest BCUT2D eigenvalue weighted by Gasteiger charge is -2.13. The number of nitro benzene ring substituents is 1. The van der Waals surface area contributed by atoms with Gasteiger partial charge in [-0.1, -0.05) is 11.6 Å². The molecule has 6 nitrogen and oxygen atoms in total. The summed E-state index contributed by atoms with van der Waals surface area (Å²) in [4.78, 5) is 17.1. The number of H-pyrrole nitrogens is 1. The molecule has 0 spiro atoms. The van der Waals surface area contributed by atoms with Crippen LogP contribution < -0.4 is 5.32 Å². The summed E-state index contributed by atoms with van der Waals surface area (Å²) >= 11 is 5.64. The first kappa shape index (κ1) is 13.3. The monoisotopic (exact) mass is 284 g/mol. The van der Waals surface area contributed by atoms with Gasteiger partial charge in [-0.15, -0.1) is 0 Å². The number of aromatic amines is 1. The molecule has 1 heterocycles. The predicted octanol–water partition coefficient (Wildman–Crippen LogP) is 3.28. The first-order valence-electron chi connectivity index (χ1n) is 5.38. The zero-order valence-corrected chi connectivity index (χ0v) is 10.6. The summed E-state index contributed by atoms with van der Waals surface area (Å²) in [6, 6.07) is 1.67. The van der Waals surface area contributed by atoms with Gasteiger partial charge in [0, 0.05) is 12.4 Å². The Labute approximate surface area is 112 Å². The molecule has 2 aromatic rings. The van der Waals surface area contributed by atoms with Crippen molar-refractivity contribution in [3.05, 3.63) is 51.3 Å². The third kappa shape index (κ3) is 2.82. The van der Waals surface area contributed by atoms with Crippen LogP contribution in [0.3, 0.4) is 0 Å². The van der Waals surface area contributed by atoms with Crippen LogP contribution in [0.5, 0.6) is 0 Å². The lowest BCUT2D eigenvalue weighted by Crippen LogP contribution is -2.10. The minimum Gasteiger partial charge on any atom is -0.370 e. The summed E-state index contributed by atoms with van der Waals surface area (Å²) in [5, 5.41) is 13.6. The van der Waals surface area contributed by atoms with Crippen molar-refractivity contribution in [1.29, 1.82) is 0 Å². The topological polar surface area (TPSA) is 83.8 Å². The van der Waals surface area contributed by atoms with E-state index in [0.717, 1.165) is 6.07 Å². The quantitative estimate of drug-likeness (QED) is 0.666. The molecule has 1 atom stereocenters. The molecule has 0 aliphatic rings. The second kappa shape index (κ2) is 5.23. The number of nitrogens with zero attached hydrogens (tertiary/aromatic N) is 2. The van der Waals surface area contributed by atoms with E-state index in [1.165, 1.54) is 6.07 Å². The summed E-state index contributed by atoms with van der Waals surface area (Å²) < 4.78 is 13.2. The van der Waals surface area contributed by atoms with Crippen molar-refractivity contribution < 1.29 is 9.31 Å². The first-order valence-corrected chi connectivity index (χ1v) is 5.76. The van der Waals surface area contributed by atoms with Crippen LogP contribution >= 0.6 is 11.6 Å². The molecule has 0 aliphatic carbocycles. The number of nitro groups is 1. The van der Waals surface area contributed by atoms with E-state index in [9.17, 15) is 14.5 Å². The van der Waals surface area contributed by atoms with E-state index < -0.39 is 10.7 Å². The Kier molecular flexibility index (Phi) is 3.66. The Morgan fingerprint density at radius 2 is 2.32 bits per heavy atom. The molecule has 0 amide bonds. The van der Waals surface area contributed by atoms with Crippen molar-refractivity contribution >= 4 is 23.0 Å². The van der Waals surface area contributed by atoms with Crippen molar-refractivity contribution in [3.63, 3.8) is 0 Å². The maximum atomic E-state index is 13.2. The Morgan fingerprint density at radius 3 is 2.89 bits per heavy atom. The van der Waals surface area contributed by atoms with Crippen molar-refractivity contribution in [3.8, 4) is 0 Å². The van der Waals surface area contributed by atoms with E-state index >= 15 is 0 Å². The Morgan fingerprint density at radius 1 is 1.58 bits per heavy atom. The number of hydrogen-bond acceptors (Lipinski definition) is 4. The third-order valence-electron chi connectivity index (χ3n) is 2.54. The number of rotatable bonds is 4. The van der Waals surface area contributed by atoms with E-state index in [1.807, 2.05) is 0 Å². The number of benzene rings is 1. The molecule has 1 aromatic heterocycles. The highest BCUT2D eigenvalue weighted by molar-refractivity contribution is 6.31. The van der Waals surface area contributed by atoms with Crippen LogP contribution in [0.15, 0.2) is 24.5 Å². The van der Waals surface area contributed by atoms with Crippen LogP contribution in [0.4, 0.5) is 15.8 Å². The third-order valence-corrected chi connectivity index (χ3v) is 2.83. The fourth-order valence-corrected chi connectivity index (χ4v) is 1.78. The van der Waals surface area contributed by atoms with Crippen LogP contribution in [0.25, 0.3) is 0 Å². The molecule has 2 rings (SSSR count). The molecule has 0 saturated carbocycles. The standard InChI is InChI=1S/C11H10ClFN4O2/c1-6(11-14-2-3-15-11)16-9-4-7(12)8(13)5-10(9)17(18)19/h2-6,16H,1H3,(H,14,15). The van der Waals surface area contributed by atoms with Gasteiger partial charge in [-0.05, 0) is 13.0 Å². The lowest BCUT2D eigenvalue weighted by molar-refractivity contribution is -0.384. The van der Waals surface area contributed by atoms with Gasteiger partial charge in [-0.25, -0.2) is 9.37 Å². The van der Waals surface area contributed by atoms with Crippen LogP contribution in [0.1, 0.15) is 18.8 Å². The number of halogens is 2. The van der Waals surface area contributed by atoms with E-state index in [4.69, 9.17) is 11.6 Å². The summed E-state index contributed by atoms with van der Waals surface area (Å²) in [5.41, 5.74) is -0.236. The SMILES string of the molecule is CC(Nc1cc(Cl)c(F)cc1[N+](=O)[O-])c1ncc[nH]1. The van der Waals surface area contributed by atoms with Crippen molar-refractivity contribution in [2.45, 2.75) is 13.0 Å². The molecular formula is C11H10ClFN4O2. The Bertz CT molecular complexity index is 603. The molecule has 0 aliphatic heterocycles. The van der Waals surface area contributed by atoms with E-state index in [1.54, 1.807) is 19.3 Å². The average molecular weight is 285 g/mol. The molecule has 2 N–H and O–H groups in total. The van der Waals surface area contributed by atoms with Gasteiger partial charge in [0.1, 0.15) is 17.3 Å². The molecule has 0 radical (unpaired) electrons. The van der Waals surface area contributed by atoms with E-state index in [2.05, 4.69) is 15.3 Å². The van der Waals surface area contributed by atoms with Crippen LogP contribution in [0.2, 0.25) is 5.02 Å². The molecule has 100 valence electrons. The smallest absolute Gasteiger partial charge is 0.295 e. The highest BCUT2D eigenvalue weighted by Gasteiger charge is 2.20. The van der Waals surface area contributed by atoms with Gasteiger partial charge in [-0.3, -0.25) is 10.1 Å². The molecule has 1 aromatic carbocycles. The highest BCUT2D eigenvalue weighted by atomic mass is 35.5. The predicted molar refractivity (Wildman–Crippen MR) is 68.7 cm³/mol. The average Bonchev–Trinajstić information content (AvgIpc) is 2.86. The Hall–Kier alpha value is -2.15. The lowest BCUT2D eigenvalue weighted by atomic mass is 10.2. The summed E-state index contributed by atoms with van der Waals surface area (Å²) in [7, 11) is 0. The van der Waals surface area contributed by atoms with Gasteiger partial charge in [0.2, 0.25) is 0 Å². The van der Waals surface area contributed by atoms with Crippen molar-refractivity contribution in [2.24, 2.45) is 0 Å². The molecule has 0 bridgehead atoms. The second-order valence-electron chi connectivity index (χ2n) is 3.88. The minimum atomic E-state index is -0.829. The fourth-order valence-electron chi connectivity index (χ4n) is 1.62.